The van der Waals surface area contributed by atoms with Crippen LogP contribution in [-0.4, -0.2) is 64.9 Å². The third-order valence-corrected chi connectivity index (χ3v) is 6.65. The molecule has 12 heteroatoms. The number of carbonyl (C=O) groups excluding carboxylic acids is 2. The molecule has 0 heterocycles. The Bertz CT molecular complexity index is 676. The Hall–Kier alpha value is -1.52. The van der Waals surface area contributed by atoms with E-state index in [0.717, 1.165) is 19.3 Å². The van der Waals surface area contributed by atoms with Crippen LogP contribution in [0, 0.1) is 0 Å². The highest BCUT2D eigenvalue weighted by Crippen LogP contribution is 2.43. The van der Waals surface area contributed by atoms with Crippen LogP contribution in [-0.2, 0) is 32.7 Å². The SMILES string of the molecule is CCCCCCCCCCCCCCCC(=O)NC(COP(=O)(O)OCC(O)COC(=O)CC)C(=O)O. The van der Waals surface area contributed by atoms with Gasteiger partial charge < -0.3 is 25.2 Å². The summed E-state index contributed by atoms with van der Waals surface area (Å²) in [5, 5.41) is 21.2. The maximum absolute atomic E-state index is 12.1. The quantitative estimate of drug-likeness (QED) is 0.0718. The average molecular weight is 554 g/mol. The lowest BCUT2D eigenvalue weighted by Gasteiger charge is -2.18. The lowest BCUT2D eigenvalue weighted by atomic mass is 10.0. The third kappa shape index (κ3) is 22.2. The smallest absolute Gasteiger partial charge is 0.472 e. The van der Waals surface area contributed by atoms with Gasteiger partial charge in [0.1, 0.15) is 12.7 Å². The van der Waals surface area contributed by atoms with Crippen LogP contribution < -0.4 is 5.32 Å². The zero-order valence-corrected chi connectivity index (χ0v) is 23.4. The first-order valence-electron chi connectivity index (χ1n) is 13.6. The van der Waals surface area contributed by atoms with E-state index in [4.69, 9.17) is 0 Å². The Morgan fingerprint density at radius 1 is 0.784 bits per heavy atom. The van der Waals surface area contributed by atoms with Crippen molar-refractivity contribution in [3.05, 3.63) is 0 Å². The molecule has 0 aromatic carbocycles. The molecule has 0 aliphatic rings. The molecule has 0 rings (SSSR count). The van der Waals surface area contributed by atoms with E-state index in [9.17, 15) is 34.1 Å². The third-order valence-electron chi connectivity index (χ3n) is 5.70. The van der Waals surface area contributed by atoms with Crippen molar-refractivity contribution in [3.8, 4) is 0 Å². The molecule has 0 spiro atoms. The number of phosphoric acid groups is 1. The van der Waals surface area contributed by atoms with Gasteiger partial charge in [0.25, 0.3) is 0 Å². The first-order valence-corrected chi connectivity index (χ1v) is 15.1. The Morgan fingerprint density at radius 2 is 1.27 bits per heavy atom. The van der Waals surface area contributed by atoms with E-state index in [-0.39, 0.29) is 12.8 Å². The molecule has 0 aromatic rings. The topological polar surface area (TPSA) is 169 Å². The number of ether oxygens (including phenoxy) is 1. The minimum atomic E-state index is -4.70. The fourth-order valence-electron chi connectivity index (χ4n) is 3.47. The molecule has 0 fully saturated rings. The molecule has 11 nitrogen and oxygen atoms in total. The number of aliphatic hydroxyl groups is 1. The van der Waals surface area contributed by atoms with E-state index >= 15 is 0 Å². The predicted octanol–water partition coefficient (Wildman–Crippen LogP) is 4.48. The Morgan fingerprint density at radius 3 is 1.76 bits per heavy atom. The van der Waals surface area contributed by atoms with Crippen LogP contribution in [0.25, 0.3) is 0 Å². The molecule has 0 saturated heterocycles. The lowest BCUT2D eigenvalue weighted by Crippen LogP contribution is -2.43. The van der Waals surface area contributed by atoms with Crippen molar-refractivity contribution in [3.63, 3.8) is 0 Å². The molecule has 218 valence electrons. The maximum Gasteiger partial charge on any atom is 0.472 e. The Labute approximate surface area is 221 Å². The van der Waals surface area contributed by atoms with Gasteiger partial charge in [-0.2, -0.15) is 0 Å². The van der Waals surface area contributed by atoms with Gasteiger partial charge in [-0.3, -0.25) is 18.6 Å². The summed E-state index contributed by atoms with van der Waals surface area (Å²) in [5.41, 5.74) is 0. The maximum atomic E-state index is 12.1. The minimum Gasteiger partial charge on any atom is -0.480 e. The van der Waals surface area contributed by atoms with Crippen LogP contribution in [0.15, 0.2) is 0 Å². The second-order valence-corrected chi connectivity index (χ2v) is 10.7. The molecule has 4 N–H and O–H groups in total. The van der Waals surface area contributed by atoms with E-state index in [1.165, 1.54) is 57.8 Å². The molecule has 0 aliphatic carbocycles. The Balaban J connectivity index is 3.99. The molecule has 0 aliphatic heterocycles. The molecule has 0 saturated carbocycles. The van der Waals surface area contributed by atoms with E-state index < -0.39 is 57.6 Å². The minimum absolute atomic E-state index is 0.108. The van der Waals surface area contributed by atoms with Crippen LogP contribution in [0.1, 0.15) is 110 Å². The first kappa shape index (κ1) is 35.5. The molecule has 0 aromatic heterocycles. The number of hydrogen-bond acceptors (Lipinski definition) is 8. The molecule has 3 unspecified atom stereocenters. The predicted molar refractivity (Wildman–Crippen MR) is 139 cm³/mol. The number of esters is 1. The number of unbranched alkanes of at least 4 members (excludes halogenated alkanes) is 12. The standard InChI is InChI=1S/C25H48NO10P/c1-3-5-6-7-8-9-10-11-12-13-14-15-16-17-23(28)26-22(25(30)31)20-36-37(32,33)35-19-21(27)18-34-24(29)4-2/h21-22,27H,3-20H2,1-2H3,(H,26,28)(H,30,31)(H,32,33). The van der Waals surface area contributed by atoms with Gasteiger partial charge in [0.2, 0.25) is 5.91 Å². The monoisotopic (exact) mass is 553 g/mol. The molecule has 0 bridgehead atoms. The van der Waals surface area contributed by atoms with Gasteiger partial charge in [-0.25, -0.2) is 9.36 Å². The van der Waals surface area contributed by atoms with Crippen LogP contribution >= 0.6 is 7.82 Å². The second-order valence-electron chi connectivity index (χ2n) is 9.20. The fraction of sp³-hybridized carbons (Fsp3) is 0.880. The molecule has 0 radical (unpaired) electrons. The lowest BCUT2D eigenvalue weighted by molar-refractivity contribution is -0.146. The summed E-state index contributed by atoms with van der Waals surface area (Å²) < 4.78 is 25.8. The van der Waals surface area contributed by atoms with E-state index in [1.807, 2.05) is 0 Å². The number of nitrogens with one attached hydrogen (secondary N) is 1. The van der Waals surface area contributed by atoms with Crippen molar-refractivity contribution in [2.45, 2.75) is 122 Å². The van der Waals surface area contributed by atoms with Crippen LogP contribution in [0.2, 0.25) is 0 Å². The molecular formula is C25H48NO10P. The highest BCUT2D eigenvalue weighted by atomic mass is 31.2. The molecular weight excluding hydrogens is 505 g/mol. The van der Waals surface area contributed by atoms with Crippen LogP contribution in [0.4, 0.5) is 0 Å². The van der Waals surface area contributed by atoms with Crippen molar-refractivity contribution >= 4 is 25.7 Å². The molecule has 1 amide bonds. The van der Waals surface area contributed by atoms with Gasteiger partial charge >= 0.3 is 19.8 Å². The van der Waals surface area contributed by atoms with Gasteiger partial charge in [0.15, 0.2) is 6.04 Å². The highest BCUT2D eigenvalue weighted by molar-refractivity contribution is 7.47. The highest BCUT2D eigenvalue weighted by Gasteiger charge is 2.28. The van der Waals surface area contributed by atoms with Gasteiger partial charge in [-0.05, 0) is 6.42 Å². The number of phosphoric ester groups is 1. The zero-order chi connectivity index (χ0) is 27.9. The van der Waals surface area contributed by atoms with Crippen molar-refractivity contribution in [1.29, 1.82) is 0 Å². The number of carbonyl (C=O) groups is 3. The number of carboxylic acids is 1. The summed E-state index contributed by atoms with van der Waals surface area (Å²) in [4.78, 5) is 44.2. The summed E-state index contributed by atoms with van der Waals surface area (Å²) in [6.07, 6.45) is 14.1. The summed E-state index contributed by atoms with van der Waals surface area (Å²) in [6.45, 7) is 1.89. The number of amides is 1. The second kappa shape index (κ2) is 22.5. The van der Waals surface area contributed by atoms with Crippen molar-refractivity contribution in [1.82, 2.24) is 5.32 Å². The number of aliphatic hydroxyl groups excluding tert-OH is 1. The summed E-state index contributed by atoms with van der Waals surface area (Å²) in [7, 11) is -4.70. The van der Waals surface area contributed by atoms with Gasteiger partial charge in [-0.15, -0.1) is 0 Å². The Kier molecular flexibility index (Phi) is 21.5. The summed E-state index contributed by atoms with van der Waals surface area (Å²) >= 11 is 0. The van der Waals surface area contributed by atoms with Crippen LogP contribution in [0.5, 0.6) is 0 Å². The number of aliphatic carboxylic acids is 1. The fourth-order valence-corrected chi connectivity index (χ4v) is 4.24. The number of rotatable bonds is 25. The summed E-state index contributed by atoms with van der Waals surface area (Å²) in [5.74, 6) is -2.47. The van der Waals surface area contributed by atoms with Gasteiger partial charge in [0.05, 0.1) is 13.2 Å². The number of hydrogen-bond donors (Lipinski definition) is 4. The van der Waals surface area contributed by atoms with Crippen molar-refractivity contribution in [2.75, 3.05) is 19.8 Å². The van der Waals surface area contributed by atoms with Crippen molar-refractivity contribution < 1.29 is 47.8 Å². The van der Waals surface area contributed by atoms with E-state index in [1.54, 1.807) is 6.92 Å². The van der Waals surface area contributed by atoms with E-state index in [0.29, 0.717) is 6.42 Å². The normalized spacial score (nSPS) is 14.5. The number of carboxylic acid groups (broad SMARTS) is 1. The van der Waals surface area contributed by atoms with E-state index in [2.05, 4.69) is 26.0 Å². The zero-order valence-electron chi connectivity index (χ0n) is 22.5. The molecule has 37 heavy (non-hydrogen) atoms. The van der Waals surface area contributed by atoms with Crippen LogP contribution in [0.3, 0.4) is 0 Å². The average Bonchev–Trinajstić information content (AvgIpc) is 2.86. The van der Waals surface area contributed by atoms with Gasteiger partial charge in [0, 0.05) is 12.8 Å². The van der Waals surface area contributed by atoms with Crippen molar-refractivity contribution in [2.24, 2.45) is 0 Å². The molecule has 3 atom stereocenters. The largest absolute Gasteiger partial charge is 0.480 e. The summed E-state index contributed by atoms with van der Waals surface area (Å²) in [6, 6.07) is -1.53. The first-order chi connectivity index (χ1) is 17.6. The van der Waals surface area contributed by atoms with Gasteiger partial charge in [-0.1, -0.05) is 90.9 Å².